The lowest BCUT2D eigenvalue weighted by Crippen LogP contribution is -2.39. The van der Waals surface area contributed by atoms with Gasteiger partial charge in [-0.3, -0.25) is 4.52 Å². The van der Waals surface area contributed by atoms with Crippen molar-refractivity contribution in [2.24, 2.45) is 5.73 Å². The first kappa shape index (κ1) is 25.6. The second kappa shape index (κ2) is 15.6. The van der Waals surface area contributed by atoms with Crippen LogP contribution in [0, 0.1) is 0 Å². The normalized spacial score (nSPS) is 15.2. The number of unbranched alkanes of at least 4 members (excludes halogenated alkanes) is 11. The van der Waals surface area contributed by atoms with Crippen molar-refractivity contribution in [3.8, 4) is 0 Å². The molecule has 156 valence electrons. The highest BCUT2D eigenvalue weighted by Gasteiger charge is 2.23. The fourth-order valence-corrected chi connectivity index (χ4v) is 3.04. The second-order valence-corrected chi connectivity index (χ2v) is 8.09. The van der Waals surface area contributed by atoms with Crippen LogP contribution in [0.25, 0.3) is 0 Å². The average molecular weight is 395 g/mol. The first-order valence-corrected chi connectivity index (χ1v) is 11.3. The molecule has 0 heterocycles. The lowest BCUT2D eigenvalue weighted by atomic mass is 10.0. The minimum absolute atomic E-state index is 0.279. The van der Waals surface area contributed by atoms with Gasteiger partial charge in [0.25, 0.3) is 0 Å². The summed E-state index contributed by atoms with van der Waals surface area (Å²) in [6, 6.07) is -1.10. The van der Waals surface area contributed by atoms with Gasteiger partial charge in [-0.2, -0.15) is 0 Å². The fourth-order valence-electron chi connectivity index (χ4n) is 2.67. The number of phosphoric ester groups is 1. The lowest BCUT2D eigenvalue weighted by Gasteiger charge is -2.18. The molecule has 0 aliphatic carbocycles. The van der Waals surface area contributed by atoms with Crippen molar-refractivity contribution in [3.05, 3.63) is 11.8 Å². The monoisotopic (exact) mass is 395 g/mol. The standard InChI is InChI=1S/C18H38NO6P/c1-2-3-4-5-6-7-8-9-10-11-12-13-14-17(20)18(21)16(19)15-25-26(22,23)24/h14,16,18,20-21H,2-13,15,19H2,1H3,(H2,22,23,24)/b17-14-/t16-,18-/m0/s1. The number of hydrogen-bond acceptors (Lipinski definition) is 5. The molecule has 2 atom stereocenters. The smallest absolute Gasteiger partial charge is 0.469 e. The van der Waals surface area contributed by atoms with Gasteiger partial charge in [-0.05, 0) is 18.9 Å². The molecule has 7 nitrogen and oxygen atoms in total. The van der Waals surface area contributed by atoms with Crippen molar-refractivity contribution >= 4 is 7.82 Å². The van der Waals surface area contributed by atoms with Crippen LogP contribution in [0.5, 0.6) is 0 Å². The Balaban J connectivity index is 3.66. The van der Waals surface area contributed by atoms with E-state index in [0.29, 0.717) is 6.42 Å². The van der Waals surface area contributed by atoms with E-state index >= 15 is 0 Å². The van der Waals surface area contributed by atoms with Gasteiger partial charge in [-0.15, -0.1) is 0 Å². The molecule has 0 fully saturated rings. The van der Waals surface area contributed by atoms with Crippen LogP contribution in [-0.2, 0) is 9.09 Å². The highest BCUT2D eigenvalue weighted by molar-refractivity contribution is 7.46. The van der Waals surface area contributed by atoms with Crippen molar-refractivity contribution < 1.29 is 29.1 Å². The van der Waals surface area contributed by atoms with E-state index in [1.54, 1.807) is 0 Å². The summed E-state index contributed by atoms with van der Waals surface area (Å²) < 4.78 is 14.8. The van der Waals surface area contributed by atoms with Gasteiger partial charge in [0.1, 0.15) is 11.9 Å². The minimum Gasteiger partial charge on any atom is -0.510 e. The molecule has 0 radical (unpaired) electrons. The average Bonchev–Trinajstić information content (AvgIpc) is 2.59. The molecule has 6 N–H and O–H groups in total. The Labute approximate surface area is 157 Å². The molecule has 0 rings (SSSR count). The van der Waals surface area contributed by atoms with Gasteiger partial charge in [-0.25, -0.2) is 4.57 Å². The summed E-state index contributed by atoms with van der Waals surface area (Å²) in [5.74, 6) is -0.279. The van der Waals surface area contributed by atoms with E-state index < -0.39 is 26.6 Å². The molecule has 26 heavy (non-hydrogen) atoms. The summed E-state index contributed by atoms with van der Waals surface area (Å²) >= 11 is 0. The second-order valence-electron chi connectivity index (χ2n) is 6.85. The van der Waals surface area contributed by atoms with E-state index in [1.165, 1.54) is 63.9 Å². The zero-order valence-corrected chi connectivity index (χ0v) is 16.9. The van der Waals surface area contributed by atoms with Gasteiger partial charge >= 0.3 is 7.82 Å². The Morgan fingerprint density at radius 3 is 1.92 bits per heavy atom. The summed E-state index contributed by atoms with van der Waals surface area (Å²) in [6.45, 7) is 1.69. The third-order valence-electron chi connectivity index (χ3n) is 4.30. The van der Waals surface area contributed by atoms with Gasteiger partial charge in [0.2, 0.25) is 0 Å². The van der Waals surface area contributed by atoms with E-state index in [2.05, 4.69) is 11.4 Å². The van der Waals surface area contributed by atoms with E-state index in [-0.39, 0.29) is 5.76 Å². The molecule has 0 saturated carbocycles. The van der Waals surface area contributed by atoms with Crippen LogP contribution in [0.2, 0.25) is 0 Å². The van der Waals surface area contributed by atoms with Gasteiger partial charge in [0, 0.05) is 0 Å². The molecule has 0 aliphatic heterocycles. The first-order chi connectivity index (χ1) is 12.3. The summed E-state index contributed by atoms with van der Waals surface area (Å²) in [5, 5.41) is 19.5. The number of hydrogen-bond donors (Lipinski definition) is 5. The molecule has 0 aromatic heterocycles. The number of aliphatic hydroxyl groups is 2. The summed E-state index contributed by atoms with van der Waals surface area (Å²) in [5.41, 5.74) is 5.54. The van der Waals surface area contributed by atoms with Gasteiger partial charge < -0.3 is 25.7 Å². The quantitative estimate of drug-likeness (QED) is 0.143. The topological polar surface area (TPSA) is 133 Å². The maximum absolute atomic E-state index is 10.6. The Morgan fingerprint density at radius 1 is 1.00 bits per heavy atom. The Bertz CT molecular complexity index is 412. The van der Waals surface area contributed by atoms with Gasteiger partial charge in [-0.1, -0.05) is 71.1 Å². The van der Waals surface area contributed by atoms with Crippen molar-refractivity contribution in [1.29, 1.82) is 0 Å². The van der Waals surface area contributed by atoms with Crippen LogP contribution < -0.4 is 5.73 Å². The van der Waals surface area contributed by atoms with Crippen LogP contribution in [0.1, 0.15) is 84.0 Å². The van der Waals surface area contributed by atoms with Crippen LogP contribution in [0.4, 0.5) is 0 Å². The van der Waals surface area contributed by atoms with Crippen molar-refractivity contribution in [1.82, 2.24) is 0 Å². The maximum atomic E-state index is 10.6. The van der Waals surface area contributed by atoms with E-state index in [9.17, 15) is 14.8 Å². The zero-order chi connectivity index (χ0) is 19.8. The molecule has 8 heteroatoms. The molecule has 0 bridgehead atoms. The maximum Gasteiger partial charge on any atom is 0.469 e. The molecule has 0 aliphatic rings. The van der Waals surface area contributed by atoms with Crippen LogP contribution in [0.3, 0.4) is 0 Å². The lowest BCUT2D eigenvalue weighted by molar-refractivity contribution is 0.0928. The Hall–Kier alpha value is -0.430. The van der Waals surface area contributed by atoms with E-state index in [4.69, 9.17) is 15.5 Å². The molecule has 0 unspecified atom stereocenters. The number of aliphatic hydroxyl groups excluding tert-OH is 2. The number of rotatable bonds is 17. The fraction of sp³-hybridized carbons (Fsp3) is 0.889. The zero-order valence-electron chi connectivity index (χ0n) is 16.1. The predicted octanol–water partition coefficient (Wildman–Crippen LogP) is 3.93. The Morgan fingerprint density at radius 2 is 1.46 bits per heavy atom. The van der Waals surface area contributed by atoms with E-state index in [1.807, 2.05) is 0 Å². The van der Waals surface area contributed by atoms with Crippen LogP contribution >= 0.6 is 7.82 Å². The minimum atomic E-state index is -4.63. The molecule has 0 spiro atoms. The van der Waals surface area contributed by atoms with Crippen molar-refractivity contribution in [2.45, 2.75) is 96.1 Å². The predicted molar refractivity (Wildman–Crippen MR) is 104 cm³/mol. The molecular weight excluding hydrogens is 357 g/mol. The van der Waals surface area contributed by atoms with Crippen molar-refractivity contribution in [3.63, 3.8) is 0 Å². The summed E-state index contributed by atoms with van der Waals surface area (Å²) in [7, 11) is -4.63. The third kappa shape index (κ3) is 15.8. The molecular formula is C18H38NO6P. The first-order valence-electron chi connectivity index (χ1n) is 9.80. The number of phosphoric acid groups is 1. The van der Waals surface area contributed by atoms with Crippen LogP contribution in [-0.4, -0.2) is 38.8 Å². The molecule has 0 saturated heterocycles. The van der Waals surface area contributed by atoms with Gasteiger partial charge in [0.15, 0.2) is 0 Å². The summed E-state index contributed by atoms with van der Waals surface area (Å²) in [6.07, 6.45) is 14.4. The largest absolute Gasteiger partial charge is 0.510 e. The highest BCUT2D eigenvalue weighted by Crippen LogP contribution is 2.35. The molecule has 0 amide bonds. The number of allylic oxidation sites excluding steroid dienone is 1. The SMILES string of the molecule is CCCCCCCCCCCCC/C=C(\O)[C@@H](O)[C@@H](N)COP(=O)(O)O. The van der Waals surface area contributed by atoms with Gasteiger partial charge in [0.05, 0.1) is 12.6 Å². The van der Waals surface area contributed by atoms with Crippen LogP contribution in [0.15, 0.2) is 11.8 Å². The summed E-state index contributed by atoms with van der Waals surface area (Å²) in [4.78, 5) is 17.2. The molecule has 0 aromatic carbocycles. The highest BCUT2D eigenvalue weighted by atomic mass is 31.2. The van der Waals surface area contributed by atoms with Crippen molar-refractivity contribution in [2.75, 3.05) is 6.61 Å². The van der Waals surface area contributed by atoms with E-state index in [0.717, 1.165) is 12.8 Å². The number of nitrogens with two attached hydrogens (primary N) is 1. The Kier molecular flexibility index (Phi) is 15.4. The third-order valence-corrected chi connectivity index (χ3v) is 4.79. The molecule has 0 aromatic rings.